The number of pyridine rings is 1. The van der Waals surface area contributed by atoms with Crippen molar-refractivity contribution in [3.63, 3.8) is 0 Å². The van der Waals surface area contributed by atoms with Gasteiger partial charge in [0.05, 0.1) is 23.7 Å². The lowest BCUT2D eigenvalue weighted by atomic mass is 9.94. The van der Waals surface area contributed by atoms with E-state index in [2.05, 4.69) is 20.9 Å². The largest absolute Gasteiger partial charge is 0.490 e. The normalized spacial score (nSPS) is 18.3. The van der Waals surface area contributed by atoms with Gasteiger partial charge in [-0.2, -0.15) is 0 Å². The van der Waals surface area contributed by atoms with E-state index >= 15 is 0 Å². The molecule has 1 aromatic heterocycles. The lowest BCUT2D eigenvalue weighted by Gasteiger charge is -2.41. The predicted molar refractivity (Wildman–Crippen MR) is 199 cm³/mol. The van der Waals surface area contributed by atoms with Gasteiger partial charge in [0.15, 0.2) is 0 Å². The van der Waals surface area contributed by atoms with Crippen LogP contribution < -0.4 is 20.7 Å². The molecule has 4 aromatic rings. The number of aliphatic hydroxyl groups is 1. The number of likely N-dealkylation sites (tertiary alicyclic amines) is 1. The Hall–Kier alpha value is -4.87. The van der Waals surface area contributed by atoms with E-state index in [1.54, 1.807) is 18.2 Å². The molecular weight excluding hydrogens is 661 g/mol. The lowest BCUT2D eigenvalue weighted by Crippen LogP contribution is -2.60. The Morgan fingerprint density at radius 2 is 1.63 bits per heavy atom. The van der Waals surface area contributed by atoms with Gasteiger partial charge in [-0.25, -0.2) is 9.37 Å². The van der Waals surface area contributed by atoms with Gasteiger partial charge < -0.3 is 25.8 Å². The summed E-state index contributed by atoms with van der Waals surface area (Å²) in [6.07, 6.45) is -0.131. The summed E-state index contributed by atoms with van der Waals surface area (Å²) in [5.41, 5.74) is 1.29. The van der Waals surface area contributed by atoms with Gasteiger partial charge in [-0.1, -0.05) is 68.4 Å². The van der Waals surface area contributed by atoms with Gasteiger partial charge in [0.1, 0.15) is 29.4 Å². The smallest absolute Gasteiger partial charge is 0.270 e. The van der Waals surface area contributed by atoms with Gasteiger partial charge in [0, 0.05) is 30.4 Å². The maximum Gasteiger partial charge on any atom is 0.270 e. The first kappa shape index (κ1) is 38.4. The Morgan fingerprint density at radius 3 is 2.33 bits per heavy atom. The van der Waals surface area contributed by atoms with Crippen molar-refractivity contribution in [2.24, 2.45) is 5.92 Å². The molecule has 3 amide bonds. The molecule has 276 valence electrons. The summed E-state index contributed by atoms with van der Waals surface area (Å²) in [4.78, 5) is 47.4. The molecule has 10 nitrogen and oxygen atoms in total. The molecular formula is C41H50FN5O5. The number of aromatic nitrogens is 1. The number of rotatable bonds is 13. The fourth-order valence-corrected chi connectivity index (χ4v) is 6.47. The van der Waals surface area contributed by atoms with E-state index in [9.17, 15) is 23.9 Å². The Kier molecular flexibility index (Phi) is 12.6. The average Bonchev–Trinajstić information content (AvgIpc) is 3.11. The highest BCUT2D eigenvalue weighted by Gasteiger charge is 2.38. The molecule has 2 heterocycles. The summed E-state index contributed by atoms with van der Waals surface area (Å²) < 4.78 is 19.7. The summed E-state index contributed by atoms with van der Waals surface area (Å²) in [6, 6.07) is 24.0. The Morgan fingerprint density at radius 1 is 0.942 bits per heavy atom. The van der Waals surface area contributed by atoms with Gasteiger partial charge >= 0.3 is 0 Å². The number of nitrogens with one attached hydrogen (secondary N) is 3. The molecule has 0 radical (unpaired) electrons. The maximum absolute atomic E-state index is 14.0. The van der Waals surface area contributed by atoms with Gasteiger partial charge in [-0.05, 0) is 81.5 Å². The number of fused-ring (bicyclic) bond motifs is 1. The van der Waals surface area contributed by atoms with Crippen LogP contribution in [0.1, 0.15) is 63.5 Å². The molecule has 1 aliphatic rings. The van der Waals surface area contributed by atoms with Crippen molar-refractivity contribution >= 4 is 28.6 Å². The molecule has 11 heteroatoms. The second-order valence-corrected chi connectivity index (χ2v) is 14.9. The number of carbonyl (C=O) groups excluding carboxylic acids is 3. The van der Waals surface area contributed by atoms with Crippen LogP contribution in [0.3, 0.4) is 0 Å². The Bertz CT molecular complexity index is 1810. The second kappa shape index (κ2) is 17.1. The van der Waals surface area contributed by atoms with Crippen molar-refractivity contribution in [2.75, 3.05) is 13.1 Å². The number of aliphatic hydroxyl groups excluding tert-OH is 1. The first-order chi connectivity index (χ1) is 24.8. The van der Waals surface area contributed by atoms with Gasteiger partial charge in [-0.3, -0.25) is 19.3 Å². The lowest BCUT2D eigenvalue weighted by molar-refractivity contribution is -0.132. The van der Waals surface area contributed by atoms with E-state index in [1.807, 2.05) is 100 Å². The molecule has 0 saturated carbocycles. The number of para-hydroxylation sites is 1. The van der Waals surface area contributed by atoms with E-state index in [1.165, 1.54) is 12.1 Å². The van der Waals surface area contributed by atoms with E-state index in [-0.39, 0.29) is 36.0 Å². The minimum atomic E-state index is -1.07. The zero-order valence-corrected chi connectivity index (χ0v) is 30.5. The fourth-order valence-electron chi connectivity index (χ4n) is 6.47. The summed E-state index contributed by atoms with van der Waals surface area (Å²) in [7, 11) is 0. The molecule has 0 bridgehead atoms. The van der Waals surface area contributed by atoms with E-state index < -0.39 is 41.6 Å². The minimum Gasteiger partial charge on any atom is -0.490 e. The minimum absolute atomic E-state index is 0.100. The third-order valence-corrected chi connectivity index (χ3v) is 9.16. The van der Waals surface area contributed by atoms with Crippen molar-refractivity contribution in [3.05, 3.63) is 108 Å². The number of carbonyl (C=O) groups is 3. The van der Waals surface area contributed by atoms with Crippen LogP contribution in [0.5, 0.6) is 5.75 Å². The zero-order chi connectivity index (χ0) is 37.4. The monoisotopic (exact) mass is 711 g/mol. The molecule has 5 atom stereocenters. The number of amides is 3. The molecule has 4 unspecified atom stereocenters. The number of ether oxygens (including phenoxy) is 1. The summed E-state index contributed by atoms with van der Waals surface area (Å²) >= 11 is 0. The van der Waals surface area contributed by atoms with Crippen molar-refractivity contribution in [3.8, 4) is 5.75 Å². The fraction of sp³-hybridized carbons (Fsp3) is 0.415. The number of benzene rings is 3. The number of halogens is 1. The highest BCUT2D eigenvalue weighted by Crippen LogP contribution is 2.25. The number of hydrogen-bond acceptors (Lipinski definition) is 7. The summed E-state index contributed by atoms with van der Waals surface area (Å²) in [5, 5.41) is 21.7. The van der Waals surface area contributed by atoms with E-state index in [4.69, 9.17) is 4.74 Å². The molecule has 1 aliphatic heterocycles. The van der Waals surface area contributed by atoms with Gasteiger partial charge in [-0.15, -0.1) is 0 Å². The van der Waals surface area contributed by atoms with Crippen LogP contribution >= 0.6 is 0 Å². The van der Waals surface area contributed by atoms with Crippen LogP contribution in [0, 0.1) is 11.7 Å². The van der Waals surface area contributed by atoms with Crippen molar-refractivity contribution < 1.29 is 28.6 Å². The topological polar surface area (TPSA) is 133 Å². The zero-order valence-electron chi connectivity index (χ0n) is 30.5. The van der Waals surface area contributed by atoms with E-state index in [0.717, 1.165) is 10.9 Å². The molecule has 0 aliphatic carbocycles. The molecule has 52 heavy (non-hydrogen) atoms. The summed E-state index contributed by atoms with van der Waals surface area (Å²) in [5.74, 6) is -1.22. The van der Waals surface area contributed by atoms with Crippen LogP contribution in [0.4, 0.5) is 4.39 Å². The first-order valence-corrected chi connectivity index (χ1v) is 17.9. The maximum atomic E-state index is 14.0. The Labute approximate surface area is 305 Å². The molecule has 0 spiro atoms. The SMILES string of the molecule is CC(C)[C@H](NC(=O)c1ccc2ccccc2n1)C(=O)NC(Cc1ccccc1)C(O)CN1CCC(Oc2ccc(F)cc2)CC1C(=O)NC(C)(C)C. The highest BCUT2D eigenvalue weighted by atomic mass is 19.1. The number of β-amino-alcohol motifs (C(OH)–C–C–N with tert-alkyl or cyclic N) is 1. The second-order valence-electron chi connectivity index (χ2n) is 14.9. The predicted octanol–water partition coefficient (Wildman–Crippen LogP) is 5.04. The average molecular weight is 712 g/mol. The molecule has 5 rings (SSSR count). The van der Waals surface area contributed by atoms with Crippen molar-refractivity contribution in [2.45, 2.75) is 89.8 Å². The van der Waals surface area contributed by atoms with Crippen molar-refractivity contribution in [1.29, 1.82) is 0 Å². The molecule has 4 N–H and O–H groups in total. The highest BCUT2D eigenvalue weighted by molar-refractivity contribution is 5.98. The number of nitrogens with zero attached hydrogens (tertiary/aromatic N) is 2. The van der Waals surface area contributed by atoms with Gasteiger partial charge in [0.2, 0.25) is 11.8 Å². The first-order valence-electron chi connectivity index (χ1n) is 17.9. The quantitative estimate of drug-likeness (QED) is 0.153. The van der Waals surface area contributed by atoms with Crippen LogP contribution in [0.2, 0.25) is 0 Å². The molecule has 3 aromatic carbocycles. The number of piperidine rings is 1. The molecule has 1 fully saturated rings. The standard InChI is InChI=1S/C41H50FN5O5/c1-26(2)37(45-38(49)33-20-15-28-13-9-10-14-32(28)43-33)40(51)44-34(23-27-11-7-6-8-12-27)36(48)25-47-22-21-31(52-30-18-16-29(42)17-19-30)24-35(47)39(50)46-41(3,4)5/h6-20,26,31,34-37,48H,21-25H2,1-5H3,(H,44,51)(H,45,49)(H,46,50)/t31?,34?,35?,36?,37-/m0/s1. The van der Waals surface area contributed by atoms with E-state index in [0.29, 0.717) is 37.1 Å². The summed E-state index contributed by atoms with van der Waals surface area (Å²) in [6.45, 7) is 9.96. The molecule has 1 saturated heterocycles. The van der Waals surface area contributed by atoms with Crippen LogP contribution in [0.25, 0.3) is 10.9 Å². The van der Waals surface area contributed by atoms with Crippen molar-refractivity contribution in [1.82, 2.24) is 25.8 Å². The van der Waals surface area contributed by atoms with Crippen LogP contribution in [-0.4, -0.2) is 81.7 Å². The third-order valence-electron chi connectivity index (χ3n) is 9.16. The third kappa shape index (κ3) is 10.6. The Balaban J connectivity index is 1.33. The van der Waals surface area contributed by atoms with Crippen LogP contribution in [0.15, 0.2) is 91.0 Å². The number of hydrogen-bond donors (Lipinski definition) is 4. The van der Waals surface area contributed by atoms with Crippen LogP contribution in [-0.2, 0) is 16.0 Å². The van der Waals surface area contributed by atoms with Gasteiger partial charge in [0.25, 0.3) is 5.91 Å².